The van der Waals surface area contributed by atoms with Crippen LogP contribution < -0.4 is 21.5 Å². The quantitative estimate of drug-likeness (QED) is 0.619. The summed E-state index contributed by atoms with van der Waals surface area (Å²) in [5, 5.41) is 14.7. The molecule has 1 aliphatic rings. The number of benzene rings is 1. The summed E-state index contributed by atoms with van der Waals surface area (Å²) in [6.45, 7) is 8.58. The third kappa shape index (κ3) is 4.07. The molecule has 1 aromatic carbocycles. The molecule has 1 aliphatic heterocycles. The van der Waals surface area contributed by atoms with Crippen molar-refractivity contribution in [2.75, 3.05) is 24.5 Å². The molecule has 1 saturated heterocycles. The van der Waals surface area contributed by atoms with E-state index in [9.17, 15) is 10.1 Å². The number of piperidine rings is 1. The number of nitrogens with two attached hydrogens (primary N) is 1. The summed E-state index contributed by atoms with van der Waals surface area (Å²) < 4.78 is 2.28. The largest absolute Gasteiger partial charge is 0.385 e. The molecule has 0 spiro atoms. The van der Waals surface area contributed by atoms with Crippen molar-refractivity contribution in [3.63, 3.8) is 0 Å². The Morgan fingerprint density at radius 2 is 2.26 bits per heavy atom. The van der Waals surface area contributed by atoms with Gasteiger partial charge in [-0.05, 0) is 31.4 Å². The minimum absolute atomic E-state index is 0.0415. The lowest BCUT2D eigenvalue weighted by atomic mass is 10.1. The molecular weight excluding hydrogens is 408 g/mol. The first-order chi connectivity index (χ1) is 15.0. The van der Waals surface area contributed by atoms with Crippen molar-refractivity contribution in [2.24, 2.45) is 5.73 Å². The van der Waals surface area contributed by atoms with Crippen molar-refractivity contribution >= 4 is 33.2 Å². The van der Waals surface area contributed by atoms with E-state index in [1.165, 1.54) is 11.3 Å². The molecular formula is C23H26N6OS. The van der Waals surface area contributed by atoms with Crippen molar-refractivity contribution in [3.05, 3.63) is 63.3 Å². The SMILES string of the molecule is C=C(NCC)c1csc2c(=O)n(Cc3ccccc3C#N)c(N3CCC[C@@H](N)C3)nc12. The van der Waals surface area contributed by atoms with Crippen molar-refractivity contribution in [3.8, 4) is 6.07 Å². The van der Waals surface area contributed by atoms with Gasteiger partial charge in [-0.1, -0.05) is 24.8 Å². The Morgan fingerprint density at radius 1 is 1.45 bits per heavy atom. The zero-order valence-electron chi connectivity index (χ0n) is 17.6. The molecule has 0 saturated carbocycles. The average Bonchev–Trinajstić information content (AvgIpc) is 3.20. The van der Waals surface area contributed by atoms with Gasteiger partial charge in [0.05, 0.1) is 23.7 Å². The normalized spacial score (nSPS) is 16.3. The molecule has 3 heterocycles. The maximum Gasteiger partial charge on any atom is 0.273 e. The molecule has 0 aliphatic carbocycles. The van der Waals surface area contributed by atoms with E-state index in [1.54, 1.807) is 10.6 Å². The minimum Gasteiger partial charge on any atom is -0.385 e. The van der Waals surface area contributed by atoms with E-state index in [0.717, 1.165) is 42.8 Å². The Labute approximate surface area is 185 Å². The van der Waals surface area contributed by atoms with Crippen LogP contribution in [-0.2, 0) is 6.54 Å². The summed E-state index contributed by atoms with van der Waals surface area (Å²) in [7, 11) is 0. The monoisotopic (exact) mass is 434 g/mol. The van der Waals surface area contributed by atoms with Crippen LogP contribution in [0.25, 0.3) is 15.9 Å². The molecule has 0 radical (unpaired) electrons. The summed E-state index contributed by atoms with van der Waals surface area (Å²) in [4.78, 5) is 20.7. The highest BCUT2D eigenvalue weighted by Gasteiger charge is 2.24. The summed E-state index contributed by atoms with van der Waals surface area (Å²) in [6, 6.07) is 9.63. The number of thiophene rings is 1. The number of hydrogen-bond donors (Lipinski definition) is 2. The molecule has 0 amide bonds. The predicted molar refractivity (Wildman–Crippen MR) is 126 cm³/mol. The van der Waals surface area contributed by atoms with E-state index in [2.05, 4.69) is 22.9 Å². The maximum atomic E-state index is 13.6. The number of fused-ring (bicyclic) bond motifs is 1. The van der Waals surface area contributed by atoms with Crippen molar-refractivity contribution in [2.45, 2.75) is 32.4 Å². The van der Waals surface area contributed by atoms with Gasteiger partial charge in [0.25, 0.3) is 5.56 Å². The number of nitriles is 1. The van der Waals surface area contributed by atoms with E-state index in [0.29, 0.717) is 28.3 Å². The van der Waals surface area contributed by atoms with Gasteiger partial charge in [-0.2, -0.15) is 5.26 Å². The highest BCUT2D eigenvalue weighted by atomic mass is 32.1. The Bertz CT molecular complexity index is 1220. The number of aromatic nitrogens is 2. The fraction of sp³-hybridized carbons (Fsp3) is 0.348. The van der Waals surface area contributed by atoms with Gasteiger partial charge in [-0.3, -0.25) is 9.36 Å². The van der Waals surface area contributed by atoms with Crippen LogP contribution in [0.2, 0.25) is 0 Å². The Kier molecular flexibility index (Phi) is 6.07. The van der Waals surface area contributed by atoms with Gasteiger partial charge in [0.1, 0.15) is 4.70 Å². The second-order valence-electron chi connectivity index (χ2n) is 7.76. The van der Waals surface area contributed by atoms with Gasteiger partial charge in [-0.25, -0.2) is 4.98 Å². The molecule has 8 heteroatoms. The van der Waals surface area contributed by atoms with Crippen LogP contribution in [0.3, 0.4) is 0 Å². The Hall–Kier alpha value is -3.15. The lowest BCUT2D eigenvalue weighted by molar-refractivity contribution is 0.492. The van der Waals surface area contributed by atoms with Gasteiger partial charge in [0.15, 0.2) is 0 Å². The van der Waals surface area contributed by atoms with E-state index < -0.39 is 0 Å². The van der Waals surface area contributed by atoms with Crippen LogP contribution in [0.4, 0.5) is 5.95 Å². The van der Waals surface area contributed by atoms with E-state index in [1.807, 2.05) is 30.5 Å². The van der Waals surface area contributed by atoms with Gasteiger partial charge in [0.2, 0.25) is 5.95 Å². The number of nitrogens with zero attached hydrogens (tertiary/aromatic N) is 4. The third-order valence-electron chi connectivity index (χ3n) is 5.58. The molecule has 7 nitrogen and oxygen atoms in total. The highest BCUT2D eigenvalue weighted by Crippen LogP contribution is 2.29. The highest BCUT2D eigenvalue weighted by molar-refractivity contribution is 7.17. The molecule has 3 N–H and O–H groups in total. The number of anilines is 1. The van der Waals surface area contributed by atoms with E-state index in [4.69, 9.17) is 10.7 Å². The van der Waals surface area contributed by atoms with Crippen LogP contribution in [0, 0.1) is 11.3 Å². The van der Waals surface area contributed by atoms with Crippen molar-refractivity contribution in [1.29, 1.82) is 5.26 Å². The second kappa shape index (κ2) is 8.92. The topological polar surface area (TPSA) is 100.0 Å². The molecule has 31 heavy (non-hydrogen) atoms. The van der Waals surface area contributed by atoms with Gasteiger partial charge in [0, 0.05) is 42.3 Å². The molecule has 1 atom stereocenters. The zero-order chi connectivity index (χ0) is 22.0. The summed E-state index contributed by atoms with van der Waals surface area (Å²) in [5.74, 6) is 0.601. The third-order valence-corrected chi connectivity index (χ3v) is 6.54. The van der Waals surface area contributed by atoms with E-state index in [-0.39, 0.29) is 18.1 Å². The first-order valence-electron chi connectivity index (χ1n) is 10.5. The van der Waals surface area contributed by atoms with Crippen molar-refractivity contribution in [1.82, 2.24) is 14.9 Å². The second-order valence-corrected chi connectivity index (χ2v) is 8.64. The molecule has 4 rings (SSSR count). The first-order valence-corrected chi connectivity index (χ1v) is 11.3. The molecule has 0 bridgehead atoms. The average molecular weight is 435 g/mol. The predicted octanol–water partition coefficient (Wildman–Crippen LogP) is 2.89. The summed E-state index contributed by atoms with van der Waals surface area (Å²) >= 11 is 1.38. The molecule has 1 fully saturated rings. The van der Waals surface area contributed by atoms with E-state index >= 15 is 0 Å². The summed E-state index contributed by atoms with van der Waals surface area (Å²) in [5.41, 5.74) is 9.77. The van der Waals surface area contributed by atoms with Crippen LogP contribution in [0.15, 0.2) is 41.0 Å². The molecule has 0 unspecified atom stereocenters. The fourth-order valence-corrected chi connectivity index (χ4v) is 4.99. The van der Waals surface area contributed by atoms with Gasteiger partial charge in [-0.15, -0.1) is 11.3 Å². The number of nitrogens with one attached hydrogen (secondary N) is 1. The number of hydrogen-bond acceptors (Lipinski definition) is 7. The summed E-state index contributed by atoms with van der Waals surface area (Å²) in [6.07, 6.45) is 1.91. The van der Waals surface area contributed by atoms with Crippen LogP contribution in [-0.4, -0.2) is 35.2 Å². The van der Waals surface area contributed by atoms with Gasteiger partial charge < -0.3 is 16.0 Å². The Balaban J connectivity index is 1.90. The minimum atomic E-state index is -0.104. The smallest absolute Gasteiger partial charge is 0.273 e. The lowest BCUT2D eigenvalue weighted by Crippen LogP contribution is -2.45. The molecule has 160 valence electrons. The van der Waals surface area contributed by atoms with Gasteiger partial charge >= 0.3 is 0 Å². The lowest BCUT2D eigenvalue weighted by Gasteiger charge is -2.33. The fourth-order valence-electron chi connectivity index (χ4n) is 4.02. The molecule has 2 aromatic heterocycles. The standard InChI is InChI=1S/C23H26N6OS/c1-3-26-15(2)19-14-31-21-20(19)27-23(28-10-6-9-18(25)13-28)29(22(21)30)12-17-8-5-4-7-16(17)11-24/h4-5,7-8,14,18,26H,2-3,6,9-10,12-13,25H2,1H3/t18-/m1/s1. The number of rotatable bonds is 6. The first kappa shape index (κ1) is 21.1. The molecule has 3 aromatic rings. The van der Waals surface area contributed by atoms with Crippen LogP contribution in [0.5, 0.6) is 0 Å². The van der Waals surface area contributed by atoms with Crippen LogP contribution >= 0.6 is 11.3 Å². The maximum absolute atomic E-state index is 13.6. The Morgan fingerprint density at radius 3 is 3.00 bits per heavy atom. The zero-order valence-corrected chi connectivity index (χ0v) is 18.4. The van der Waals surface area contributed by atoms with Crippen LogP contribution in [0.1, 0.15) is 36.5 Å². The van der Waals surface area contributed by atoms with Crippen molar-refractivity contribution < 1.29 is 0 Å².